The van der Waals surface area contributed by atoms with Crippen LogP contribution < -0.4 is 19.9 Å². The summed E-state index contributed by atoms with van der Waals surface area (Å²) in [7, 11) is 0. The van der Waals surface area contributed by atoms with Gasteiger partial charge in [0, 0.05) is 27.2 Å². The van der Waals surface area contributed by atoms with Crippen LogP contribution in [0.5, 0.6) is 17.2 Å². The summed E-state index contributed by atoms with van der Waals surface area (Å²) < 4.78 is 17.4. The molecule has 0 saturated carbocycles. The van der Waals surface area contributed by atoms with Crippen LogP contribution in [0.1, 0.15) is 38.5 Å². The molecule has 1 heterocycles. The van der Waals surface area contributed by atoms with Crippen LogP contribution in [0.4, 0.5) is 0 Å². The van der Waals surface area contributed by atoms with E-state index in [9.17, 15) is 10.1 Å². The molecule has 1 atom stereocenters. The van der Waals surface area contributed by atoms with Crippen LogP contribution in [0, 0.1) is 18.3 Å². The van der Waals surface area contributed by atoms with Crippen LogP contribution in [0.3, 0.4) is 0 Å². The third kappa shape index (κ3) is 5.56. The van der Waals surface area contributed by atoms with E-state index >= 15 is 0 Å². The minimum atomic E-state index is -0.512. The van der Waals surface area contributed by atoms with Crippen molar-refractivity contribution < 1.29 is 19.0 Å². The summed E-state index contributed by atoms with van der Waals surface area (Å²) in [4.78, 5) is 12.7. The van der Waals surface area contributed by atoms with Crippen LogP contribution in [0.15, 0.2) is 96.4 Å². The van der Waals surface area contributed by atoms with Crippen molar-refractivity contribution in [1.82, 2.24) is 0 Å². The summed E-state index contributed by atoms with van der Waals surface area (Å²) >= 11 is 12.3. The van der Waals surface area contributed by atoms with E-state index in [0.29, 0.717) is 38.4 Å². The van der Waals surface area contributed by atoms with Crippen molar-refractivity contribution in [2.24, 2.45) is 5.73 Å². The predicted molar refractivity (Wildman–Crippen MR) is 149 cm³/mol. The fraction of sp³-hybridized carbons (Fsp3) is 0.0968. The van der Waals surface area contributed by atoms with Crippen molar-refractivity contribution in [3.63, 3.8) is 0 Å². The van der Waals surface area contributed by atoms with Crippen LogP contribution in [0.2, 0.25) is 10.0 Å². The monoisotopic (exact) mass is 556 g/mol. The van der Waals surface area contributed by atoms with E-state index in [1.165, 1.54) is 0 Å². The molecule has 0 bridgehead atoms. The standard InChI is InChI=1S/C31H22Cl2N2O4/c1-18-5-2-3-8-24(18)31(36)38-23-11-12-25-28(15-23)39-30(35)26(16-34)29(25)19-6-4-7-22(13-19)37-17-20-9-10-21(32)14-27(20)33/h2-15,29H,17,35H2,1H3. The quantitative estimate of drug-likeness (QED) is 0.197. The number of carbonyl (C=O) groups is 1. The zero-order valence-corrected chi connectivity index (χ0v) is 22.3. The number of halogens is 2. The molecular weight excluding hydrogens is 535 g/mol. The van der Waals surface area contributed by atoms with Gasteiger partial charge in [0.2, 0.25) is 5.88 Å². The first-order valence-corrected chi connectivity index (χ1v) is 12.8. The number of benzene rings is 4. The lowest BCUT2D eigenvalue weighted by Crippen LogP contribution is -2.21. The Morgan fingerprint density at radius 3 is 2.59 bits per heavy atom. The van der Waals surface area contributed by atoms with Crippen molar-refractivity contribution in [1.29, 1.82) is 5.26 Å². The molecule has 0 aromatic heterocycles. The molecule has 1 aliphatic rings. The Bertz CT molecular complexity index is 1660. The molecule has 6 nitrogen and oxygen atoms in total. The second-order valence-corrected chi connectivity index (χ2v) is 9.77. The molecule has 39 heavy (non-hydrogen) atoms. The predicted octanol–water partition coefficient (Wildman–Crippen LogP) is 7.32. The molecule has 0 spiro atoms. The molecule has 5 rings (SSSR count). The zero-order chi connectivity index (χ0) is 27.5. The molecule has 1 unspecified atom stereocenters. The van der Waals surface area contributed by atoms with Gasteiger partial charge >= 0.3 is 5.97 Å². The highest BCUT2D eigenvalue weighted by Crippen LogP contribution is 2.44. The number of aryl methyl sites for hydroxylation is 1. The number of hydrogen-bond donors (Lipinski definition) is 1. The molecule has 0 aliphatic carbocycles. The molecule has 8 heteroatoms. The second kappa shape index (κ2) is 11.1. The SMILES string of the molecule is Cc1ccccc1C(=O)Oc1ccc2c(c1)OC(N)=C(C#N)C2c1cccc(OCc2ccc(Cl)cc2Cl)c1. The van der Waals surface area contributed by atoms with Gasteiger partial charge in [0.05, 0.1) is 11.5 Å². The van der Waals surface area contributed by atoms with Crippen molar-refractivity contribution in [2.75, 3.05) is 0 Å². The third-order valence-corrected chi connectivity index (χ3v) is 6.95. The molecule has 2 N–H and O–H groups in total. The van der Waals surface area contributed by atoms with E-state index in [2.05, 4.69) is 6.07 Å². The highest BCUT2D eigenvalue weighted by atomic mass is 35.5. The fourth-order valence-electron chi connectivity index (χ4n) is 4.39. The van der Waals surface area contributed by atoms with Gasteiger partial charge < -0.3 is 19.9 Å². The molecule has 4 aromatic rings. The first kappa shape index (κ1) is 26.2. The second-order valence-electron chi connectivity index (χ2n) is 8.93. The topological polar surface area (TPSA) is 94.6 Å². The fourth-order valence-corrected chi connectivity index (χ4v) is 4.85. The lowest BCUT2D eigenvalue weighted by atomic mass is 9.83. The normalized spacial score (nSPS) is 14.2. The smallest absolute Gasteiger partial charge is 0.343 e. The van der Waals surface area contributed by atoms with E-state index in [-0.39, 0.29) is 18.1 Å². The number of hydrogen-bond acceptors (Lipinski definition) is 6. The number of ether oxygens (including phenoxy) is 3. The Kier molecular flexibility index (Phi) is 7.47. The summed E-state index contributed by atoms with van der Waals surface area (Å²) in [5.41, 5.74) is 9.99. The van der Waals surface area contributed by atoms with E-state index in [1.807, 2.05) is 49.4 Å². The van der Waals surface area contributed by atoms with Gasteiger partial charge in [0.1, 0.15) is 35.5 Å². The van der Waals surface area contributed by atoms with Crippen molar-refractivity contribution in [3.05, 3.63) is 134 Å². The van der Waals surface area contributed by atoms with Crippen LogP contribution in [0.25, 0.3) is 0 Å². The van der Waals surface area contributed by atoms with E-state index in [0.717, 1.165) is 16.7 Å². The Morgan fingerprint density at radius 1 is 1.00 bits per heavy atom. The lowest BCUT2D eigenvalue weighted by molar-refractivity contribution is 0.0733. The van der Waals surface area contributed by atoms with Gasteiger partial charge in [-0.25, -0.2) is 4.79 Å². The largest absolute Gasteiger partial charge is 0.489 e. The zero-order valence-electron chi connectivity index (χ0n) is 20.8. The van der Waals surface area contributed by atoms with Crippen molar-refractivity contribution in [3.8, 4) is 23.3 Å². The van der Waals surface area contributed by atoms with Gasteiger partial charge in [-0.15, -0.1) is 0 Å². The number of carbonyl (C=O) groups excluding carboxylic acids is 1. The Labute approximate surface area is 235 Å². The number of nitriles is 1. The van der Waals surface area contributed by atoms with Gasteiger partial charge in [-0.1, -0.05) is 65.7 Å². The molecule has 0 radical (unpaired) electrons. The molecule has 0 fully saturated rings. The van der Waals surface area contributed by atoms with E-state index < -0.39 is 11.9 Å². The van der Waals surface area contributed by atoms with E-state index in [4.69, 9.17) is 43.1 Å². The van der Waals surface area contributed by atoms with Gasteiger partial charge in [0.25, 0.3) is 0 Å². The summed E-state index contributed by atoms with van der Waals surface area (Å²) in [6.07, 6.45) is 0. The number of esters is 1. The number of rotatable bonds is 6. The van der Waals surface area contributed by atoms with Crippen LogP contribution >= 0.6 is 23.2 Å². The molecule has 1 aliphatic heterocycles. The maximum atomic E-state index is 12.7. The van der Waals surface area contributed by atoms with E-state index in [1.54, 1.807) is 42.5 Å². The Hall–Kier alpha value is -4.44. The van der Waals surface area contributed by atoms with Gasteiger partial charge in [-0.3, -0.25) is 0 Å². The molecule has 0 amide bonds. The van der Waals surface area contributed by atoms with Crippen molar-refractivity contribution >= 4 is 29.2 Å². The summed E-state index contributed by atoms with van der Waals surface area (Å²) in [5, 5.41) is 11.0. The first-order valence-electron chi connectivity index (χ1n) is 12.0. The van der Waals surface area contributed by atoms with Gasteiger partial charge in [0.15, 0.2) is 0 Å². The van der Waals surface area contributed by atoms with Crippen LogP contribution in [-0.2, 0) is 6.61 Å². The number of nitrogens with zero attached hydrogens (tertiary/aromatic N) is 1. The van der Waals surface area contributed by atoms with Crippen molar-refractivity contribution in [2.45, 2.75) is 19.4 Å². The highest BCUT2D eigenvalue weighted by molar-refractivity contribution is 6.35. The summed E-state index contributed by atoms with van der Waals surface area (Å²) in [5.74, 6) is 0.273. The molecule has 0 saturated heterocycles. The van der Waals surface area contributed by atoms with Gasteiger partial charge in [-0.2, -0.15) is 5.26 Å². The summed E-state index contributed by atoms with van der Waals surface area (Å²) in [6, 6.07) is 27.0. The number of fused-ring (bicyclic) bond motifs is 1. The number of nitrogens with two attached hydrogens (primary N) is 1. The molecular formula is C31H22Cl2N2O4. The molecule has 4 aromatic carbocycles. The lowest BCUT2D eigenvalue weighted by Gasteiger charge is -2.27. The Morgan fingerprint density at radius 2 is 1.82 bits per heavy atom. The number of allylic oxidation sites excluding steroid dienone is 1. The molecule has 194 valence electrons. The van der Waals surface area contributed by atoms with Gasteiger partial charge in [-0.05, 0) is 54.4 Å². The highest BCUT2D eigenvalue weighted by Gasteiger charge is 2.31. The summed E-state index contributed by atoms with van der Waals surface area (Å²) in [6.45, 7) is 2.08. The maximum Gasteiger partial charge on any atom is 0.343 e. The maximum absolute atomic E-state index is 12.7. The average molecular weight is 557 g/mol. The van der Waals surface area contributed by atoms with Crippen LogP contribution in [-0.4, -0.2) is 5.97 Å². The first-order chi connectivity index (χ1) is 18.8. The third-order valence-electron chi connectivity index (χ3n) is 6.37. The minimum Gasteiger partial charge on any atom is -0.489 e. The minimum absolute atomic E-state index is 0.0170. The average Bonchev–Trinajstić information content (AvgIpc) is 2.92. The Balaban J connectivity index is 1.43.